The van der Waals surface area contributed by atoms with Gasteiger partial charge in [-0.25, -0.2) is 0 Å². The number of rotatable bonds is 8. The van der Waals surface area contributed by atoms with E-state index in [9.17, 15) is 24.3 Å². The van der Waals surface area contributed by atoms with Gasteiger partial charge >= 0.3 is 23.9 Å². The number of hydrogen-bond acceptors (Lipinski definition) is 8. The Kier molecular flexibility index (Phi) is 8.53. The molecule has 0 fully saturated rings. The SMILES string of the molecule is CC(=O)Oc1ccc(C(C(C)COC(=O)C(C)(C)C)[C@H](N)C(=O)O)cc1OC(C)=O. The van der Waals surface area contributed by atoms with Crippen LogP contribution in [0.3, 0.4) is 0 Å². The summed E-state index contributed by atoms with van der Waals surface area (Å²) in [7, 11) is 0. The fourth-order valence-electron chi connectivity index (χ4n) is 2.78. The van der Waals surface area contributed by atoms with Crippen LogP contribution in [-0.2, 0) is 23.9 Å². The van der Waals surface area contributed by atoms with Crippen LogP contribution in [0.2, 0.25) is 0 Å². The average molecular weight is 423 g/mol. The molecular formula is C21H29NO8. The highest BCUT2D eigenvalue weighted by Gasteiger charge is 2.33. The minimum atomic E-state index is -1.32. The van der Waals surface area contributed by atoms with Gasteiger partial charge in [-0.1, -0.05) is 13.0 Å². The first-order valence-electron chi connectivity index (χ1n) is 9.40. The van der Waals surface area contributed by atoms with E-state index in [0.29, 0.717) is 5.56 Å². The highest BCUT2D eigenvalue weighted by atomic mass is 16.6. The van der Waals surface area contributed by atoms with Gasteiger partial charge in [0.1, 0.15) is 6.04 Å². The van der Waals surface area contributed by atoms with E-state index in [-0.39, 0.29) is 18.1 Å². The van der Waals surface area contributed by atoms with Crippen molar-refractivity contribution in [2.75, 3.05) is 6.61 Å². The van der Waals surface area contributed by atoms with Crippen LogP contribution in [0.15, 0.2) is 18.2 Å². The van der Waals surface area contributed by atoms with Crippen molar-refractivity contribution < 1.29 is 38.5 Å². The number of nitrogens with two attached hydrogens (primary N) is 1. The molecule has 9 heteroatoms. The van der Waals surface area contributed by atoms with Crippen LogP contribution in [0.25, 0.3) is 0 Å². The first kappa shape index (κ1) is 25.1. The molecule has 9 nitrogen and oxygen atoms in total. The maximum atomic E-state index is 12.1. The van der Waals surface area contributed by atoms with Crippen molar-refractivity contribution >= 4 is 23.9 Å². The Bertz CT molecular complexity index is 812. The fraction of sp³-hybridized carbons (Fsp3) is 0.524. The smallest absolute Gasteiger partial charge is 0.321 e. The third-order valence-corrected chi connectivity index (χ3v) is 4.23. The summed E-state index contributed by atoms with van der Waals surface area (Å²) in [6, 6.07) is 3.00. The normalized spacial score (nSPS) is 14.2. The van der Waals surface area contributed by atoms with Crippen molar-refractivity contribution in [2.45, 2.75) is 53.5 Å². The van der Waals surface area contributed by atoms with Crippen LogP contribution in [-0.4, -0.2) is 41.6 Å². The summed E-state index contributed by atoms with van der Waals surface area (Å²) in [5, 5.41) is 9.47. The van der Waals surface area contributed by atoms with E-state index >= 15 is 0 Å². The fourth-order valence-corrected chi connectivity index (χ4v) is 2.78. The second kappa shape index (κ2) is 10.2. The number of carbonyl (C=O) groups is 4. The molecule has 0 spiro atoms. The maximum Gasteiger partial charge on any atom is 0.321 e. The lowest BCUT2D eigenvalue weighted by Crippen LogP contribution is -2.41. The Balaban J connectivity index is 3.30. The topological polar surface area (TPSA) is 142 Å². The zero-order valence-electron chi connectivity index (χ0n) is 18.1. The Morgan fingerprint density at radius 3 is 2.03 bits per heavy atom. The van der Waals surface area contributed by atoms with E-state index in [1.165, 1.54) is 32.0 Å². The highest BCUT2D eigenvalue weighted by Crippen LogP contribution is 2.36. The third-order valence-electron chi connectivity index (χ3n) is 4.23. The number of benzene rings is 1. The molecule has 2 unspecified atom stereocenters. The predicted octanol–water partition coefficient (Wildman–Crippen LogP) is 2.26. The summed E-state index contributed by atoms with van der Waals surface area (Å²) in [5.74, 6) is -4.23. The first-order chi connectivity index (χ1) is 13.7. The molecular weight excluding hydrogens is 394 g/mol. The number of carboxylic acids is 1. The van der Waals surface area contributed by atoms with E-state index in [0.717, 1.165) is 0 Å². The standard InChI is InChI=1S/C21H29NO8/c1-11(10-28-20(27)21(4,5)6)17(18(22)19(25)26)14-7-8-15(29-12(2)23)16(9-14)30-13(3)24/h7-9,11,17-18H,10,22H2,1-6H3,(H,25,26)/t11?,17?,18-/m0/s1. The van der Waals surface area contributed by atoms with E-state index in [4.69, 9.17) is 19.9 Å². The largest absolute Gasteiger partial charge is 0.480 e. The monoisotopic (exact) mass is 423 g/mol. The van der Waals surface area contributed by atoms with E-state index in [2.05, 4.69) is 0 Å². The lowest BCUT2D eigenvalue weighted by atomic mass is 9.82. The van der Waals surface area contributed by atoms with Crippen molar-refractivity contribution in [3.8, 4) is 11.5 Å². The van der Waals surface area contributed by atoms with Gasteiger partial charge in [0.2, 0.25) is 0 Å². The number of carbonyl (C=O) groups excluding carboxylic acids is 3. The van der Waals surface area contributed by atoms with Crippen molar-refractivity contribution in [3.63, 3.8) is 0 Å². The van der Waals surface area contributed by atoms with Crippen molar-refractivity contribution in [1.82, 2.24) is 0 Å². The van der Waals surface area contributed by atoms with Gasteiger partial charge in [-0.05, 0) is 44.4 Å². The summed E-state index contributed by atoms with van der Waals surface area (Å²) in [6.45, 7) is 9.14. The number of esters is 3. The van der Waals surface area contributed by atoms with Gasteiger partial charge in [-0.2, -0.15) is 0 Å². The Morgan fingerprint density at radius 2 is 1.57 bits per heavy atom. The molecule has 30 heavy (non-hydrogen) atoms. The Labute approximate surface area is 175 Å². The molecule has 3 N–H and O–H groups in total. The third kappa shape index (κ3) is 7.14. The summed E-state index contributed by atoms with van der Waals surface area (Å²) in [5.41, 5.74) is 5.64. The number of ether oxygens (including phenoxy) is 3. The molecule has 3 atom stereocenters. The van der Waals surface area contributed by atoms with Gasteiger partial charge in [0.25, 0.3) is 0 Å². The molecule has 1 aromatic rings. The minimum Gasteiger partial charge on any atom is -0.480 e. The number of carboxylic acid groups (broad SMARTS) is 1. The van der Waals surface area contributed by atoms with Crippen molar-refractivity contribution in [1.29, 1.82) is 0 Å². The van der Waals surface area contributed by atoms with Gasteiger partial charge in [-0.3, -0.25) is 19.2 Å². The lowest BCUT2D eigenvalue weighted by molar-refractivity contribution is -0.154. The summed E-state index contributed by atoms with van der Waals surface area (Å²) in [6.07, 6.45) is 0. The van der Waals surface area contributed by atoms with Crippen LogP contribution in [0, 0.1) is 11.3 Å². The lowest BCUT2D eigenvalue weighted by Gasteiger charge is -2.29. The number of aliphatic carboxylic acids is 1. The molecule has 0 aliphatic rings. The Morgan fingerprint density at radius 1 is 1.03 bits per heavy atom. The summed E-state index contributed by atoms with van der Waals surface area (Å²) >= 11 is 0. The number of hydrogen-bond donors (Lipinski definition) is 2. The zero-order chi connectivity index (χ0) is 23.2. The highest BCUT2D eigenvalue weighted by molar-refractivity contribution is 5.76. The van der Waals surface area contributed by atoms with Gasteiger partial charge in [-0.15, -0.1) is 0 Å². The van der Waals surface area contributed by atoms with E-state index < -0.39 is 47.2 Å². The van der Waals surface area contributed by atoms with Crippen molar-refractivity contribution in [2.24, 2.45) is 17.1 Å². The van der Waals surface area contributed by atoms with Gasteiger partial charge < -0.3 is 25.1 Å². The maximum absolute atomic E-state index is 12.1. The molecule has 0 saturated heterocycles. The van der Waals surface area contributed by atoms with Gasteiger partial charge in [0.15, 0.2) is 11.5 Å². The van der Waals surface area contributed by atoms with E-state index in [1.807, 2.05) is 0 Å². The molecule has 0 amide bonds. The summed E-state index contributed by atoms with van der Waals surface area (Å²) < 4.78 is 15.5. The van der Waals surface area contributed by atoms with Crippen LogP contribution in [0.1, 0.15) is 53.0 Å². The molecule has 166 valence electrons. The molecule has 0 heterocycles. The molecule has 1 aromatic carbocycles. The zero-order valence-corrected chi connectivity index (χ0v) is 18.1. The van der Waals surface area contributed by atoms with E-state index in [1.54, 1.807) is 27.7 Å². The average Bonchev–Trinajstić information content (AvgIpc) is 2.60. The second-order valence-corrected chi connectivity index (χ2v) is 8.11. The Hall–Kier alpha value is -2.94. The van der Waals surface area contributed by atoms with Gasteiger partial charge in [0, 0.05) is 19.8 Å². The van der Waals surface area contributed by atoms with Crippen LogP contribution >= 0.6 is 0 Å². The molecule has 1 rings (SSSR count). The molecule has 0 aliphatic carbocycles. The van der Waals surface area contributed by atoms with Crippen LogP contribution in [0.4, 0.5) is 0 Å². The second-order valence-electron chi connectivity index (χ2n) is 8.11. The van der Waals surface area contributed by atoms with Crippen LogP contribution < -0.4 is 15.2 Å². The minimum absolute atomic E-state index is 0.0101. The first-order valence-corrected chi connectivity index (χ1v) is 9.40. The molecule has 0 aromatic heterocycles. The quantitative estimate of drug-likeness (QED) is 0.475. The van der Waals surface area contributed by atoms with Gasteiger partial charge in [0.05, 0.1) is 12.0 Å². The summed E-state index contributed by atoms with van der Waals surface area (Å²) in [4.78, 5) is 46.4. The predicted molar refractivity (Wildman–Crippen MR) is 107 cm³/mol. The van der Waals surface area contributed by atoms with Crippen LogP contribution in [0.5, 0.6) is 11.5 Å². The van der Waals surface area contributed by atoms with Crippen molar-refractivity contribution in [3.05, 3.63) is 23.8 Å². The molecule has 0 aliphatic heterocycles. The molecule has 0 bridgehead atoms. The molecule has 0 radical (unpaired) electrons. The molecule has 0 saturated carbocycles.